The molecule has 2 N–H and O–H groups in total. The first-order chi connectivity index (χ1) is 13.6. The third kappa shape index (κ3) is 6.87. The predicted octanol–water partition coefficient (Wildman–Crippen LogP) is 2.35. The maximum absolute atomic E-state index is 5.57. The fourth-order valence-electron chi connectivity index (χ4n) is 3.40. The highest BCUT2D eigenvalue weighted by Gasteiger charge is 2.17. The molecule has 0 aromatic heterocycles. The summed E-state index contributed by atoms with van der Waals surface area (Å²) < 4.78 is 11.0. The summed E-state index contributed by atoms with van der Waals surface area (Å²) >= 11 is 0. The lowest BCUT2D eigenvalue weighted by atomic mass is 10.1. The SMILES string of the molecule is CCOc1ccc(NC(=NC)NCC(C)CN2CCN(CC)CC2)cc1OC. The zero-order chi connectivity index (χ0) is 20.4. The molecule has 1 atom stereocenters. The van der Waals surface area contributed by atoms with Gasteiger partial charge in [0.1, 0.15) is 0 Å². The largest absolute Gasteiger partial charge is 0.493 e. The van der Waals surface area contributed by atoms with E-state index in [9.17, 15) is 0 Å². The van der Waals surface area contributed by atoms with Crippen molar-refractivity contribution >= 4 is 11.6 Å². The lowest BCUT2D eigenvalue weighted by molar-refractivity contribution is 0.124. The van der Waals surface area contributed by atoms with Crippen molar-refractivity contribution in [2.24, 2.45) is 10.9 Å². The van der Waals surface area contributed by atoms with E-state index in [1.165, 1.54) is 13.1 Å². The first-order valence-corrected chi connectivity index (χ1v) is 10.3. The second kappa shape index (κ2) is 11.8. The van der Waals surface area contributed by atoms with E-state index >= 15 is 0 Å². The number of methoxy groups -OCH3 is 1. The van der Waals surface area contributed by atoms with Crippen molar-refractivity contribution < 1.29 is 9.47 Å². The van der Waals surface area contributed by atoms with Crippen LogP contribution in [-0.4, -0.2) is 82.3 Å². The maximum Gasteiger partial charge on any atom is 0.195 e. The fourth-order valence-corrected chi connectivity index (χ4v) is 3.40. The third-order valence-corrected chi connectivity index (χ3v) is 5.05. The smallest absolute Gasteiger partial charge is 0.195 e. The van der Waals surface area contributed by atoms with E-state index in [1.54, 1.807) is 14.2 Å². The van der Waals surface area contributed by atoms with Gasteiger partial charge < -0.3 is 29.9 Å². The number of nitrogens with one attached hydrogen (secondary N) is 2. The summed E-state index contributed by atoms with van der Waals surface area (Å²) in [5, 5.41) is 6.76. The molecule has 0 radical (unpaired) electrons. The van der Waals surface area contributed by atoms with E-state index in [0.29, 0.717) is 18.3 Å². The van der Waals surface area contributed by atoms with Gasteiger partial charge in [0, 0.05) is 58.1 Å². The molecule has 1 aliphatic heterocycles. The first kappa shape index (κ1) is 22.3. The Morgan fingerprint density at radius 2 is 1.86 bits per heavy atom. The summed E-state index contributed by atoms with van der Waals surface area (Å²) in [6, 6.07) is 5.81. The molecule has 7 heteroatoms. The van der Waals surface area contributed by atoms with Crippen molar-refractivity contribution in [2.45, 2.75) is 20.8 Å². The van der Waals surface area contributed by atoms with Crippen molar-refractivity contribution in [1.82, 2.24) is 15.1 Å². The Bertz CT molecular complexity index is 615. The number of aliphatic imine (C=N–C) groups is 1. The average molecular weight is 392 g/mol. The summed E-state index contributed by atoms with van der Waals surface area (Å²) in [5.41, 5.74) is 0.914. The van der Waals surface area contributed by atoms with Gasteiger partial charge in [0.15, 0.2) is 17.5 Å². The molecule has 1 aromatic carbocycles. The van der Waals surface area contributed by atoms with Crippen molar-refractivity contribution in [2.75, 3.05) is 71.9 Å². The summed E-state index contributed by atoms with van der Waals surface area (Å²) in [6.45, 7) is 14.9. The van der Waals surface area contributed by atoms with Gasteiger partial charge in [0.25, 0.3) is 0 Å². The van der Waals surface area contributed by atoms with Gasteiger partial charge in [0.05, 0.1) is 13.7 Å². The lowest BCUT2D eigenvalue weighted by Gasteiger charge is -2.35. The van der Waals surface area contributed by atoms with Crippen LogP contribution in [-0.2, 0) is 0 Å². The molecule has 1 aromatic rings. The molecular weight excluding hydrogens is 354 g/mol. The summed E-state index contributed by atoms with van der Waals surface area (Å²) in [7, 11) is 3.44. The number of benzene rings is 1. The molecule has 158 valence electrons. The minimum absolute atomic E-state index is 0.543. The second-order valence-corrected chi connectivity index (χ2v) is 7.22. The Kier molecular flexibility index (Phi) is 9.37. The normalized spacial score (nSPS) is 17.2. The maximum atomic E-state index is 5.57. The standard InChI is InChI=1S/C21H37N5O2/c1-6-25-10-12-26(13-11-25)16-17(3)15-23-21(22-4)24-18-8-9-19(28-7-2)20(14-18)27-5/h8-9,14,17H,6-7,10-13,15-16H2,1-5H3,(H2,22,23,24). The summed E-state index contributed by atoms with van der Waals surface area (Å²) in [6.07, 6.45) is 0. The van der Waals surface area contributed by atoms with E-state index in [2.05, 4.69) is 39.3 Å². The zero-order valence-corrected chi connectivity index (χ0v) is 18.1. The monoisotopic (exact) mass is 391 g/mol. The highest BCUT2D eigenvalue weighted by atomic mass is 16.5. The average Bonchev–Trinajstić information content (AvgIpc) is 2.72. The highest BCUT2D eigenvalue weighted by Crippen LogP contribution is 2.30. The van der Waals surface area contributed by atoms with Crippen LogP contribution in [0.5, 0.6) is 11.5 Å². The molecule has 0 saturated carbocycles. The number of rotatable bonds is 9. The number of hydrogen-bond donors (Lipinski definition) is 2. The van der Waals surface area contributed by atoms with Crippen LogP contribution in [0.25, 0.3) is 0 Å². The van der Waals surface area contributed by atoms with Crippen LogP contribution in [0.1, 0.15) is 20.8 Å². The Balaban J connectivity index is 1.81. The van der Waals surface area contributed by atoms with E-state index in [4.69, 9.17) is 9.47 Å². The molecule has 0 aliphatic carbocycles. The Hall–Kier alpha value is -1.99. The minimum atomic E-state index is 0.543. The minimum Gasteiger partial charge on any atom is -0.493 e. The van der Waals surface area contributed by atoms with Gasteiger partial charge >= 0.3 is 0 Å². The van der Waals surface area contributed by atoms with E-state index < -0.39 is 0 Å². The van der Waals surface area contributed by atoms with Gasteiger partial charge in [-0.15, -0.1) is 0 Å². The molecule has 1 aliphatic rings. The van der Waals surface area contributed by atoms with E-state index in [1.807, 2.05) is 25.1 Å². The fraction of sp³-hybridized carbons (Fsp3) is 0.667. The molecule has 1 heterocycles. The van der Waals surface area contributed by atoms with Crippen LogP contribution in [0.4, 0.5) is 5.69 Å². The lowest BCUT2D eigenvalue weighted by Crippen LogP contribution is -2.48. The Labute approximate surface area is 170 Å². The van der Waals surface area contributed by atoms with Crippen LogP contribution in [0.2, 0.25) is 0 Å². The number of guanidine groups is 1. The van der Waals surface area contributed by atoms with E-state index in [-0.39, 0.29) is 0 Å². The molecule has 28 heavy (non-hydrogen) atoms. The molecule has 1 fully saturated rings. The Morgan fingerprint density at radius 1 is 1.14 bits per heavy atom. The number of hydrogen-bond acceptors (Lipinski definition) is 5. The molecule has 1 saturated heterocycles. The molecule has 2 rings (SSSR count). The summed E-state index contributed by atoms with van der Waals surface area (Å²) in [5.74, 6) is 2.76. The van der Waals surface area contributed by atoms with Gasteiger partial charge in [-0.2, -0.15) is 0 Å². The van der Waals surface area contributed by atoms with Gasteiger partial charge in [-0.05, 0) is 31.5 Å². The third-order valence-electron chi connectivity index (χ3n) is 5.05. The number of ether oxygens (including phenoxy) is 2. The van der Waals surface area contributed by atoms with Crippen molar-refractivity contribution in [3.8, 4) is 11.5 Å². The van der Waals surface area contributed by atoms with Gasteiger partial charge in [-0.1, -0.05) is 13.8 Å². The number of nitrogens with zero attached hydrogens (tertiary/aromatic N) is 3. The topological polar surface area (TPSA) is 61.4 Å². The predicted molar refractivity (Wildman–Crippen MR) is 117 cm³/mol. The quantitative estimate of drug-likeness (QED) is 0.498. The van der Waals surface area contributed by atoms with Gasteiger partial charge in [-0.25, -0.2) is 0 Å². The summed E-state index contributed by atoms with van der Waals surface area (Å²) in [4.78, 5) is 9.41. The molecule has 0 amide bonds. The highest BCUT2D eigenvalue weighted by molar-refractivity contribution is 5.93. The zero-order valence-electron chi connectivity index (χ0n) is 18.1. The molecule has 0 bridgehead atoms. The van der Waals surface area contributed by atoms with Crippen molar-refractivity contribution in [1.29, 1.82) is 0 Å². The molecule has 1 unspecified atom stereocenters. The van der Waals surface area contributed by atoms with Crippen LogP contribution in [0.15, 0.2) is 23.2 Å². The molecule has 7 nitrogen and oxygen atoms in total. The van der Waals surface area contributed by atoms with Crippen LogP contribution >= 0.6 is 0 Å². The van der Waals surface area contributed by atoms with Crippen LogP contribution in [0.3, 0.4) is 0 Å². The first-order valence-electron chi connectivity index (χ1n) is 10.3. The van der Waals surface area contributed by atoms with Gasteiger partial charge in [0.2, 0.25) is 0 Å². The van der Waals surface area contributed by atoms with Crippen molar-refractivity contribution in [3.63, 3.8) is 0 Å². The number of anilines is 1. The van der Waals surface area contributed by atoms with Gasteiger partial charge in [-0.3, -0.25) is 4.99 Å². The molecule has 0 spiro atoms. The van der Waals surface area contributed by atoms with Crippen molar-refractivity contribution in [3.05, 3.63) is 18.2 Å². The van der Waals surface area contributed by atoms with Crippen LogP contribution in [0, 0.1) is 5.92 Å². The van der Waals surface area contributed by atoms with Crippen LogP contribution < -0.4 is 20.1 Å². The Morgan fingerprint density at radius 3 is 2.46 bits per heavy atom. The number of piperazine rings is 1. The number of likely N-dealkylation sites (N-methyl/N-ethyl adjacent to an activating group) is 1. The second-order valence-electron chi connectivity index (χ2n) is 7.22. The molecular formula is C21H37N5O2. The van der Waals surface area contributed by atoms with E-state index in [0.717, 1.165) is 50.1 Å².